The third-order valence-corrected chi connectivity index (χ3v) is 3.03. The Labute approximate surface area is 86.7 Å². The highest BCUT2D eigenvalue weighted by molar-refractivity contribution is 14.1. The van der Waals surface area contributed by atoms with E-state index >= 15 is 0 Å². The van der Waals surface area contributed by atoms with Gasteiger partial charge in [-0.1, -0.05) is 13.0 Å². The third kappa shape index (κ3) is 2.17. The minimum atomic E-state index is 0.133. The summed E-state index contributed by atoms with van der Waals surface area (Å²) in [5, 5.41) is 0. The van der Waals surface area contributed by atoms with Gasteiger partial charge in [0.2, 0.25) is 0 Å². The molecule has 66 valence electrons. The predicted molar refractivity (Wildman–Crippen MR) is 58.9 cm³/mol. The maximum Gasteiger partial charge on any atom is 0.104 e. The van der Waals surface area contributed by atoms with Gasteiger partial charge >= 0.3 is 0 Å². The largest absolute Gasteiger partial charge is 0.324 e. The number of hydrogen-bond acceptors (Lipinski definition) is 2. The minimum Gasteiger partial charge on any atom is -0.324 e. The zero-order chi connectivity index (χ0) is 9.14. The summed E-state index contributed by atoms with van der Waals surface area (Å²) < 4.78 is 1.06. The highest BCUT2D eigenvalue weighted by Gasteiger charge is 2.04. The summed E-state index contributed by atoms with van der Waals surface area (Å²) in [6.45, 7) is 4.14. The molecule has 0 amide bonds. The predicted octanol–water partition coefficient (Wildman–Crippen LogP) is 2.40. The Hall–Kier alpha value is -0.160. The standard InChI is InChI=1S/C9H13IN2/c1-3-8(11)7-4-6(2)9(10)12-5-7/h4-5,8H,3,11H2,1-2H3. The molecule has 1 heterocycles. The van der Waals surface area contributed by atoms with Crippen molar-refractivity contribution in [3.8, 4) is 0 Å². The monoisotopic (exact) mass is 276 g/mol. The first-order valence-corrected chi connectivity index (χ1v) is 5.10. The lowest BCUT2D eigenvalue weighted by Crippen LogP contribution is -2.09. The molecule has 1 aromatic heterocycles. The van der Waals surface area contributed by atoms with Gasteiger partial charge in [-0.25, -0.2) is 4.98 Å². The summed E-state index contributed by atoms with van der Waals surface area (Å²) in [6.07, 6.45) is 2.82. The van der Waals surface area contributed by atoms with Gasteiger partial charge in [0.25, 0.3) is 0 Å². The fourth-order valence-electron chi connectivity index (χ4n) is 1.02. The quantitative estimate of drug-likeness (QED) is 0.665. The molecule has 0 aromatic carbocycles. The lowest BCUT2D eigenvalue weighted by molar-refractivity contribution is 0.693. The van der Waals surface area contributed by atoms with Crippen LogP contribution in [0, 0.1) is 10.6 Å². The van der Waals surface area contributed by atoms with Crippen molar-refractivity contribution >= 4 is 22.6 Å². The second kappa shape index (κ2) is 4.18. The van der Waals surface area contributed by atoms with Gasteiger partial charge in [-0.15, -0.1) is 0 Å². The fourth-order valence-corrected chi connectivity index (χ4v) is 1.31. The number of nitrogens with two attached hydrogens (primary N) is 1. The van der Waals surface area contributed by atoms with Crippen LogP contribution in [0.5, 0.6) is 0 Å². The number of rotatable bonds is 2. The summed E-state index contributed by atoms with van der Waals surface area (Å²) in [5.41, 5.74) is 8.21. The maximum absolute atomic E-state index is 5.87. The van der Waals surface area contributed by atoms with Crippen LogP contribution in [0.3, 0.4) is 0 Å². The van der Waals surface area contributed by atoms with E-state index in [1.54, 1.807) is 0 Å². The van der Waals surface area contributed by atoms with Gasteiger partial charge in [0.05, 0.1) is 0 Å². The van der Waals surface area contributed by atoms with Gasteiger partial charge in [0.15, 0.2) is 0 Å². The number of pyridine rings is 1. The molecule has 0 aliphatic heterocycles. The van der Waals surface area contributed by atoms with Crippen molar-refractivity contribution in [3.63, 3.8) is 0 Å². The van der Waals surface area contributed by atoms with Crippen LogP contribution in [0.2, 0.25) is 0 Å². The number of halogens is 1. The molecule has 2 nitrogen and oxygen atoms in total. The molecule has 0 aliphatic carbocycles. The van der Waals surface area contributed by atoms with Crippen molar-refractivity contribution in [2.45, 2.75) is 26.3 Å². The Balaban J connectivity index is 2.96. The van der Waals surface area contributed by atoms with E-state index < -0.39 is 0 Å². The van der Waals surface area contributed by atoms with Gasteiger partial charge in [-0.3, -0.25) is 0 Å². The van der Waals surface area contributed by atoms with Gasteiger partial charge in [-0.05, 0) is 47.1 Å². The van der Waals surface area contributed by atoms with E-state index in [9.17, 15) is 0 Å². The van der Waals surface area contributed by atoms with Gasteiger partial charge in [0.1, 0.15) is 3.70 Å². The maximum atomic E-state index is 5.87. The van der Waals surface area contributed by atoms with Crippen molar-refractivity contribution in [3.05, 3.63) is 27.1 Å². The molecule has 3 heteroatoms. The molecular formula is C9H13IN2. The summed E-state index contributed by atoms with van der Waals surface area (Å²) in [5.74, 6) is 0. The number of nitrogens with zero attached hydrogens (tertiary/aromatic N) is 1. The second-order valence-electron chi connectivity index (χ2n) is 2.89. The molecule has 1 atom stereocenters. The summed E-state index contributed by atoms with van der Waals surface area (Å²) in [6, 6.07) is 2.25. The van der Waals surface area contributed by atoms with E-state index in [0.29, 0.717) is 0 Å². The summed E-state index contributed by atoms with van der Waals surface area (Å²) >= 11 is 2.22. The van der Waals surface area contributed by atoms with Crippen LogP contribution in [0.1, 0.15) is 30.5 Å². The minimum absolute atomic E-state index is 0.133. The first kappa shape index (κ1) is 9.92. The molecule has 0 aliphatic rings. The number of hydrogen-bond donors (Lipinski definition) is 1. The number of aryl methyl sites for hydroxylation is 1. The summed E-state index contributed by atoms with van der Waals surface area (Å²) in [4.78, 5) is 4.25. The molecule has 0 bridgehead atoms. The van der Waals surface area contributed by atoms with Crippen LogP contribution >= 0.6 is 22.6 Å². The first-order chi connectivity index (χ1) is 5.65. The zero-order valence-electron chi connectivity index (χ0n) is 7.34. The lowest BCUT2D eigenvalue weighted by atomic mass is 10.1. The van der Waals surface area contributed by atoms with Crippen molar-refractivity contribution in [2.24, 2.45) is 5.73 Å². The molecular weight excluding hydrogens is 263 g/mol. The normalized spacial score (nSPS) is 13.0. The Bertz CT molecular complexity index is 273. The Morgan fingerprint density at radius 3 is 2.83 bits per heavy atom. The lowest BCUT2D eigenvalue weighted by Gasteiger charge is -2.09. The van der Waals surface area contributed by atoms with Crippen LogP contribution in [0.4, 0.5) is 0 Å². The second-order valence-corrected chi connectivity index (χ2v) is 3.91. The molecule has 1 unspecified atom stereocenters. The van der Waals surface area contributed by atoms with E-state index in [2.05, 4.69) is 47.5 Å². The van der Waals surface area contributed by atoms with Crippen LogP contribution in [0.15, 0.2) is 12.3 Å². The van der Waals surface area contributed by atoms with Crippen LogP contribution in [-0.2, 0) is 0 Å². The van der Waals surface area contributed by atoms with E-state index in [-0.39, 0.29) is 6.04 Å². The van der Waals surface area contributed by atoms with Crippen LogP contribution in [0.25, 0.3) is 0 Å². The SMILES string of the molecule is CCC(N)c1cnc(I)c(C)c1. The molecule has 0 radical (unpaired) electrons. The average Bonchev–Trinajstić information content (AvgIpc) is 2.08. The van der Waals surface area contributed by atoms with E-state index in [1.807, 2.05) is 6.20 Å². The molecule has 1 rings (SSSR count). The smallest absolute Gasteiger partial charge is 0.104 e. The van der Waals surface area contributed by atoms with Gasteiger partial charge < -0.3 is 5.73 Å². The third-order valence-electron chi connectivity index (χ3n) is 1.90. The Morgan fingerprint density at radius 2 is 2.33 bits per heavy atom. The van der Waals surface area contributed by atoms with Gasteiger partial charge in [-0.2, -0.15) is 0 Å². The van der Waals surface area contributed by atoms with E-state index in [1.165, 1.54) is 5.56 Å². The molecule has 0 fully saturated rings. The first-order valence-electron chi connectivity index (χ1n) is 4.02. The molecule has 0 spiro atoms. The topological polar surface area (TPSA) is 38.9 Å². The van der Waals surface area contributed by atoms with E-state index in [0.717, 1.165) is 15.7 Å². The summed E-state index contributed by atoms with van der Waals surface area (Å²) in [7, 11) is 0. The fraction of sp³-hybridized carbons (Fsp3) is 0.444. The van der Waals surface area contributed by atoms with Crippen LogP contribution in [-0.4, -0.2) is 4.98 Å². The number of aromatic nitrogens is 1. The molecule has 0 saturated carbocycles. The van der Waals surface area contributed by atoms with Crippen LogP contribution < -0.4 is 5.73 Å². The molecule has 1 aromatic rings. The average molecular weight is 276 g/mol. The van der Waals surface area contributed by atoms with Crippen molar-refractivity contribution in [2.75, 3.05) is 0 Å². The molecule has 2 N–H and O–H groups in total. The van der Waals surface area contributed by atoms with Crippen molar-refractivity contribution in [1.29, 1.82) is 0 Å². The van der Waals surface area contributed by atoms with Gasteiger partial charge in [0, 0.05) is 12.2 Å². The Morgan fingerprint density at radius 1 is 1.67 bits per heavy atom. The highest BCUT2D eigenvalue weighted by atomic mass is 127. The van der Waals surface area contributed by atoms with Crippen molar-refractivity contribution in [1.82, 2.24) is 4.98 Å². The van der Waals surface area contributed by atoms with Crippen molar-refractivity contribution < 1.29 is 0 Å². The molecule has 0 saturated heterocycles. The highest BCUT2D eigenvalue weighted by Crippen LogP contribution is 2.16. The molecule has 12 heavy (non-hydrogen) atoms. The van der Waals surface area contributed by atoms with E-state index in [4.69, 9.17) is 5.73 Å². The Kier molecular flexibility index (Phi) is 3.46. The zero-order valence-corrected chi connectivity index (χ0v) is 9.50.